The van der Waals surface area contributed by atoms with Gasteiger partial charge in [0.25, 0.3) is 11.5 Å². The van der Waals surface area contributed by atoms with Crippen LogP contribution in [-0.2, 0) is 6.54 Å². The van der Waals surface area contributed by atoms with Crippen molar-refractivity contribution in [1.29, 1.82) is 0 Å². The van der Waals surface area contributed by atoms with E-state index >= 15 is 0 Å². The fraction of sp³-hybridized carbons (Fsp3) is 0.105. The Bertz CT molecular complexity index is 1010. The van der Waals surface area contributed by atoms with E-state index in [4.69, 9.17) is 16.3 Å². The number of hydrogen-bond donors (Lipinski definition) is 1. The van der Waals surface area contributed by atoms with E-state index in [1.54, 1.807) is 31.4 Å². The molecular weight excluding hydrogens is 373 g/mol. The second-order valence-electron chi connectivity index (χ2n) is 5.60. The minimum absolute atomic E-state index is 0.0119. The normalized spacial score (nSPS) is 10.5. The number of ether oxygens (including phenoxy) is 1. The highest BCUT2D eigenvalue weighted by atomic mass is 35.5. The monoisotopic (exact) mass is 387 g/mol. The van der Waals surface area contributed by atoms with Crippen LogP contribution in [0.25, 0.3) is 0 Å². The summed E-state index contributed by atoms with van der Waals surface area (Å²) in [5.74, 6) is -0.403. The van der Waals surface area contributed by atoms with Crippen LogP contribution in [0.1, 0.15) is 16.1 Å². The molecular formula is C19H15ClFN3O3. The predicted octanol–water partition coefficient (Wildman–Crippen LogP) is 3.35. The van der Waals surface area contributed by atoms with Crippen LogP contribution in [0.4, 0.5) is 10.1 Å². The number of rotatable bonds is 5. The van der Waals surface area contributed by atoms with Crippen molar-refractivity contribution in [3.63, 3.8) is 0 Å². The molecule has 1 N–H and O–H groups in total. The van der Waals surface area contributed by atoms with Gasteiger partial charge >= 0.3 is 0 Å². The summed E-state index contributed by atoms with van der Waals surface area (Å²) in [4.78, 5) is 24.4. The zero-order valence-electron chi connectivity index (χ0n) is 14.3. The molecule has 6 nitrogen and oxygen atoms in total. The molecule has 138 valence electrons. The molecule has 0 aliphatic carbocycles. The smallest absolute Gasteiger partial charge is 0.276 e. The van der Waals surface area contributed by atoms with Gasteiger partial charge in [-0.25, -0.2) is 9.07 Å². The molecule has 8 heteroatoms. The summed E-state index contributed by atoms with van der Waals surface area (Å²) in [5, 5.41) is 6.87. The van der Waals surface area contributed by atoms with E-state index in [2.05, 4.69) is 10.4 Å². The molecule has 0 unspecified atom stereocenters. The van der Waals surface area contributed by atoms with E-state index in [1.165, 1.54) is 30.3 Å². The van der Waals surface area contributed by atoms with Crippen LogP contribution >= 0.6 is 11.6 Å². The highest BCUT2D eigenvalue weighted by molar-refractivity contribution is 6.31. The highest BCUT2D eigenvalue weighted by Crippen LogP contribution is 2.19. The lowest BCUT2D eigenvalue weighted by molar-refractivity contribution is 0.102. The first-order valence-electron chi connectivity index (χ1n) is 7.94. The summed E-state index contributed by atoms with van der Waals surface area (Å²) >= 11 is 5.99. The molecule has 2 aromatic carbocycles. The topological polar surface area (TPSA) is 73.2 Å². The number of anilines is 1. The van der Waals surface area contributed by atoms with Gasteiger partial charge < -0.3 is 10.1 Å². The van der Waals surface area contributed by atoms with E-state index < -0.39 is 17.3 Å². The van der Waals surface area contributed by atoms with Crippen LogP contribution in [0.15, 0.2) is 59.4 Å². The maximum Gasteiger partial charge on any atom is 0.276 e. The van der Waals surface area contributed by atoms with E-state index in [9.17, 15) is 14.0 Å². The average molecular weight is 388 g/mol. The average Bonchev–Trinajstić information content (AvgIpc) is 2.66. The summed E-state index contributed by atoms with van der Waals surface area (Å²) in [7, 11) is 1.54. The molecule has 0 bridgehead atoms. The van der Waals surface area contributed by atoms with E-state index in [0.29, 0.717) is 11.4 Å². The molecule has 3 rings (SSSR count). The number of carbonyl (C=O) groups excluding carboxylic acids is 1. The molecule has 0 fully saturated rings. The van der Waals surface area contributed by atoms with Gasteiger partial charge in [-0.15, -0.1) is 0 Å². The second-order valence-corrected chi connectivity index (χ2v) is 6.00. The van der Waals surface area contributed by atoms with E-state index in [1.807, 2.05) is 0 Å². The van der Waals surface area contributed by atoms with Crippen LogP contribution in [0.3, 0.4) is 0 Å². The molecule has 1 aromatic heterocycles. The number of nitrogens with one attached hydrogen (secondary N) is 1. The first-order chi connectivity index (χ1) is 13.0. The Labute approximate surface area is 159 Å². The summed E-state index contributed by atoms with van der Waals surface area (Å²) < 4.78 is 20.0. The summed E-state index contributed by atoms with van der Waals surface area (Å²) in [5.41, 5.74) is 0.201. The number of benzene rings is 2. The molecule has 1 amide bonds. The van der Waals surface area contributed by atoms with Gasteiger partial charge in [0.1, 0.15) is 17.3 Å². The van der Waals surface area contributed by atoms with Gasteiger partial charge in [0.2, 0.25) is 0 Å². The lowest BCUT2D eigenvalue weighted by Gasteiger charge is -2.10. The van der Waals surface area contributed by atoms with Crippen molar-refractivity contribution >= 4 is 23.2 Å². The Morgan fingerprint density at radius 3 is 2.59 bits per heavy atom. The van der Waals surface area contributed by atoms with Crippen molar-refractivity contribution in [2.45, 2.75) is 6.54 Å². The third-order valence-electron chi connectivity index (χ3n) is 3.82. The number of halogens is 2. The van der Waals surface area contributed by atoms with Crippen LogP contribution in [0.2, 0.25) is 5.02 Å². The highest BCUT2D eigenvalue weighted by Gasteiger charge is 2.13. The zero-order valence-corrected chi connectivity index (χ0v) is 15.0. The Morgan fingerprint density at radius 2 is 1.93 bits per heavy atom. The summed E-state index contributed by atoms with van der Waals surface area (Å²) in [6.45, 7) is -0.187. The Hall–Kier alpha value is -3.19. The van der Waals surface area contributed by atoms with Crippen LogP contribution in [0, 0.1) is 5.82 Å². The molecule has 0 radical (unpaired) electrons. The molecule has 27 heavy (non-hydrogen) atoms. The predicted molar refractivity (Wildman–Crippen MR) is 100.0 cm³/mol. The summed E-state index contributed by atoms with van der Waals surface area (Å²) in [6, 6.07) is 13.5. The van der Waals surface area contributed by atoms with Crippen molar-refractivity contribution in [3.05, 3.63) is 87.0 Å². The molecule has 0 saturated carbocycles. The molecule has 0 saturated heterocycles. The molecule has 0 spiro atoms. The molecule has 3 aromatic rings. The molecule has 1 heterocycles. The third kappa shape index (κ3) is 4.32. The van der Waals surface area contributed by atoms with Crippen molar-refractivity contribution in [1.82, 2.24) is 9.78 Å². The zero-order chi connectivity index (χ0) is 19.4. The number of methoxy groups -OCH3 is 1. The van der Waals surface area contributed by atoms with Gasteiger partial charge in [0.15, 0.2) is 0 Å². The molecule has 0 aliphatic heterocycles. The summed E-state index contributed by atoms with van der Waals surface area (Å²) in [6.07, 6.45) is 0. The van der Waals surface area contributed by atoms with Crippen LogP contribution in [-0.4, -0.2) is 22.8 Å². The first kappa shape index (κ1) is 18.6. The number of carbonyl (C=O) groups is 1. The van der Waals surface area contributed by atoms with Crippen molar-refractivity contribution < 1.29 is 13.9 Å². The maximum absolute atomic E-state index is 14.0. The molecule has 0 atom stereocenters. The number of hydrogen-bond acceptors (Lipinski definition) is 4. The minimum atomic E-state index is -0.552. The number of aromatic nitrogens is 2. The van der Waals surface area contributed by atoms with Gasteiger partial charge in [-0.05, 0) is 42.5 Å². The Balaban J connectivity index is 1.83. The molecule has 0 aliphatic rings. The minimum Gasteiger partial charge on any atom is -0.497 e. The quantitative estimate of drug-likeness (QED) is 0.728. The van der Waals surface area contributed by atoms with E-state index in [-0.39, 0.29) is 22.8 Å². The van der Waals surface area contributed by atoms with Gasteiger partial charge in [0.05, 0.1) is 13.7 Å². The van der Waals surface area contributed by atoms with Gasteiger partial charge in [-0.1, -0.05) is 17.7 Å². The van der Waals surface area contributed by atoms with E-state index in [0.717, 1.165) is 4.68 Å². The second kappa shape index (κ2) is 8.01. The third-order valence-corrected chi connectivity index (χ3v) is 4.17. The van der Waals surface area contributed by atoms with Crippen molar-refractivity contribution in [2.75, 3.05) is 12.4 Å². The van der Waals surface area contributed by atoms with Gasteiger partial charge in [-0.3, -0.25) is 9.59 Å². The van der Waals surface area contributed by atoms with Gasteiger partial charge in [-0.2, -0.15) is 5.10 Å². The lowest BCUT2D eigenvalue weighted by Crippen LogP contribution is -2.27. The SMILES string of the molecule is COc1ccc(NC(=O)c2ccc(=O)n(Cc3c(F)cccc3Cl)n2)cc1. The fourth-order valence-corrected chi connectivity index (χ4v) is 2.61. The number of amides is 1. The number of nitrogens with zero attached hydrogens (tertiary/aromatic N) is 2. The largest absolute Gasteiger partial charge is 0.497 e. The van der Waals surface area contributed by atoms with Gasteiger partial charge in [0, 0.05) is 22.3 Å². The maximum atomic E-state index is 14.0. The Morgan fingerprint density at radius 1 is 1.19 bits per heavy atom. The first-order valence-corrected chi connectivity index (χ1v) is 8.32. The van der Waals surface area contributed by atoms with Crippen LogP contribution in [0.5, 0.6) is 5.75 Å². The fourth-order valence-electron chi connectivity index (χ4n) is 2.39. The van der Waals surface area contributed by atoms with Crippen LogP contribution < -0.4 is 15.6 Å². The standard InChI is InChI=1S/C19H15ClFN3O3/c1-27-13-7-5-12(6-8-13)22-19(26)17-9-10-18(25)24(23-17)11-14-15(20)3-2-4-16(14)21/h2-10H,11H2,1H3,(H,22,26). The van der Waals surface area contributed by atoms with Crippen molar-refractivity contribution in [2.24, 2.45) is 0 Å². The van der Waals surface area contributed by atoms with Crippen molar-refractivity contribution in [3.8, 4) is 5.75 Å². The Kier molecular flexibility index (Phi) is 5.52. The lowest BCUT2D eigenvalue weighted by atomic mass is 10.2.